The van der Waals surface area contributed by atoms with Crippen molar-refractivity contribution in [2.24, 2.45) is 0 Å². The zero-order valence-electron chi connectivity index (χ0n) is 13.7. The largest absolute Gasteiger partial charge is 0.496 e. The molecule has 2 aromatic rings. The van der Waals surface area contributed by atoms with Crippen molar-refractivity contribution in [3.63, 3.8) is 0 Å². The number of carbonyl (C=O) groups is 1. The van der Waals surface area contributed by atoms with Gasteiger partial charge in [0.2, 0.25) is 0 Å². The van der Waals surface area contributed by atoms with E-state index in [2.05, 4.69) is 16.3 Å². The third-order valence-electron chi connectivity index (χ3n) is 4.20. The molecule has 0 spiro atoms. The van der Waals surface area contributed by atoms with Crippen LogP contribution in [0.5, 0.6) is 5.75 Å². The highest BCUT2D eigenvalue weighted by Crippen LogP contribution is 2.24. The molecule has 1 saturated heterocycles. The van der Waals surface area contributed by atoms with Crippen molar-refractivity contribution in [2.45, 2.75) is 19.4 Å². The number of carbonyl (C=O) groups excluding carboxylic acids is 1. The van der Waals surface area contributed by atoms with Gasteiger partial charge >= 0.3 is 0 Å². The summed E-state index contributed by atoms with van der Waals surface area (Å²) in [5, 5.41) is 3.43. The monoisotopic (exact) mass is 344 g/mol. The summed E-state index contributed by atoms with van der Waals surface area (Å²) in [5.41, 5.74) is 2.40. The zero-order chi connectivity index (χ0) is 16.9. The third kappa shape index (κ3) is 4.08. The molecule has 1 aliphatic rings. The van der Waals surface area contributed by atoms with Gasteiger partial charge in [0.05, 0.1) is 12.7 Å². The number of methoxy groups -OCH3 is 1. The van der Waals surface area contributed by atoms with Gasteiger partial charge in [-0.1, -0.05) is 23.7 Å². The molecule has 1 fully saturated rings. The Balaban J connectivity index is 1.73. The van der Waals surface area contributed by atoms with Crippen LogP contribution in [0.25, 0.3) is 0 Å². The average molecular weight is 345 g/mol. The summed E-state index contributed by atoms with van der Waals surface area (Å²) in [4.78, 5) is 15.0. The van der Waals surface area contributed by atoms with Crippen LogP contribution >= 0.6 is 11.6 Å². The number of halogens is 1. The number of hydrogen-bond acceptors (Lipinski definition) is 3. The zero-order valence-corrected chi connectivity index (χ0v) is 14.5. The van der Waals surface area contributed by atoms with Gasteiger partial charge in [-0.25, -0.2) is 0 Å². The molecule has 4 nitrogen and oxygen atoms in total. The maximum absolute atomic E-state index is 12.5. The first-order valence-corrected chi connectivity index (χ1v) is 8.50. The second-order valence-corrected chi connectivity index (χ2v) is 6.42. The quantitative estimate of drug-likeness (QED) is 0.884. The summed E-state index contributed by atoms with van der Waals surface area (Å²) >= 11 is 6.00. The third-order valence-corrected chi connectivity index (χ3v) is 4.43. The minimum Gasteiger partial charge on any atom is -0.496 e. The first-order chi connectivity index (χ1) is 11.7. The molecule has 1 heterocycles. The van der Waals surface area contributed by atoms with Crippen LogP contribution in [-0.4, -0.2) is 31.0 Å². The van der Waals surface area contributed by atoms with Gasteiger partial charge in [-0.2, -0.15) is 0 Å². The Morgan fingerprint density at radius 3 is 2.75 bits per heavy atom. The number of benzene rings is 2. The van der Waals surface area contributed by atoms with Gasteiger partial charge in [0.25, 0.3) is 5.91 Å². The Hall–Kier alpha value is -2.04. The molecule has 3 rings (SSSR count). The molecule has 1 amide bonds. The standard InChI is InChI=1S/C19H21ClN2O2/c1-24-18-8-7-15(20)12-17(18)19(23)21-16-6-4-5-14(11-16)13-22-9-2-3-10-22/h4-8,11-12H,2-3,9-10,13H2,1H3,(H,21,23). The fourth-order valence-electron chi connectivity index (χ4n) is 3.00. The molecular weight excluding hydrogens is 324 g/mol. The molecule has 0 aliphatic carbocycles. The highest BCUT2D eigenvalue weighted by atomic mass is 35.5. The van der Waals surface area contributed by atoms with E-state index in [1.807, 2.05) is 18.2 Å². The lowest BCUT2D eigenvalue weighted by atomic mass is 10.1. The summed E-state index contributed by atoms with van der Waals surface area (Å²) in [7, 11) is 1.54. The second kappa shape index (κ2) is 7.69. The van der Waals surface area contributed by atoms with Crippen LogP contribution in [-0.2, 0) is 6.54 Å². The predicted octanol–water partition coefficient (Wildman–Crippen LogP) is 4.20. The smallest absolute Gasteiger partial charge is 0.259 e. The Morgan fingerprint density at radius 1 is 1.21 bits per heavy atom. The van der Waals surface area contributed by atoms with Crippen LogP contribution in [0.15, 0.2) is 42.5 Å². The van der Waals surface area contributed by atoms with E-state index in [0.29, 0.717) is 16.3 Å². The van der Waals surface area contributed by atoms with Gasteiger partial charge < -0.3 is 10.1 Å². The van der Waals surface area contributed by atoms with E-state index < -0.39 is 0 Å². The molecule has 2 aromatic carbocycles. The van der Waals surface area contributed by atoms with Crippen molar-refractivity contribution in [1.29, 1.82) is 0 Å². The predicted molar refractivity (Wildman–Crippen MR) is 96.9 cm³/mol. The number of hydrogen-bond donors (Lipinski definition) is 1. The molecule has 126 valence electrons. The fraction of sp³-hybridized carbons (Fsp3) is 0.316. The molecule has 0 bridgehead atoms. The summed E-state index contributed by atoms with van der Waals surface area (Å²) in [6.07, 6.45) is 2.54. The Morgan fingerprint density at radius 2 is 2.00 bits per heavy atom. The minimum absolute atomic E-state index is 0.229. The van der Waals surface area contributed by atoms with Crippen LogP contribution in [0.3, 0.4) is 0 Å². The molecule has 1 aliphatic heterocycles. The van der Waals surface area contributed by atoms with E-state index >= 15 is 0 Å². The van der Waals surface area contributed by atoms with Crippen LogP contribution in [0, 0.1) is 0 Å². The molecule has 0 saturated carbocycles. The molecule has 1 N–H and O–H groups in total. The lowest BCUT2D eigenvalue weighted by molar-refractivity contribution is 0.102. The number of amides is 1. The van der Waals surface area contributed by atoms with Gasteiger partial charge in [-0.3, -0.25) is 9.69 Å². The number of rotatable bonds is 5. The SMILES string of the molecule is COc1ccc(Cl)cc1C(=O)Nc1cccc(CN2CCCC2)c1. The number of nitrogens with one attached hydrogen (secondary N) is 1. The van der Waals surface area contributed by atoms with E-state index in [-0.39, 0.29) is 5.91 Å². The number of ether oxygens (including phenoxy) is 1. The van der Waals surface area contributed by atoms with Gasteiger partial charge in [-0.05, 0) is 61.8 Å². The van der Waals surface area contributed by atoms with Gasteiger partial charge in [0.1, 0.15) is 5.75 Å². The summed E-state index contributed by atoms with van der Waals surface area (Å²) in [6, 6.07) is 13.0. The maximum atomic E-state index is 12.5. The molecule has 24 heavy (non-hydrogen) atoms. The number of nitrogens with zero attached hydrogens (tertiary/aromatic N) is 1. The van der Waals surface area contributed by atoms with Crippen LogP contribution in [0.4, 0.5) is 5.69 Å². The van der Waals surface area contributed by atoms with Gasteiger partial charge in [-0.15, -0.1) is 0 Å². The lowest BCUT2D eigenvalue weighted by Crippen LogP contribution is -2.18. The molecular formula is C19H21ClN2O2. The highest BCUT2D eigenvalue weighted by molar-refractivity contribution is 6.31. The van der Waals surface area contributed by atoms with Gasteiger partial charge in [0.15, 0.2) is 0 Å². The summed E-state index contributed by atoms with van der Waals surface area (Å²) in [5.74, 6) is 0.276. The van der Waals surface area contributed by atoms with E-state index in [9.17, 15) is 4.79 Å². The number of anilines is 1. The number of likely N-dealkylation sites (tertiary alicyclic amines) is 1. The highest BCUT2D eigenvalue weighted by Gasteiger charge is 2.15. The minimum atomic E-state index is -0.229. The van der Waals surface area contributed by atoms with Crippen molar-refractivity contribution in [1.82, 2.24) is 4.90 Å². The molecule has 0 aromatic heterocycles. The summed E-state index contributed by atoms with van der Waals surface area (Å²) in [6.45, 7) is 3.22. The molecule has 0 unspecified atom stereocenters. The van der Waals surface area contributed by atoms with Crippen molar-refractivity contribution >= 4 is 23.2 Å². The Labute approximate surface area is 147 Å². The average Bonchev–Trinajstić information content (AvgIpc) is 3.08. The molecule has 5 heteroatoms. The summed E-state index contributed by atoms with van der Waals surface area (Å²) < 4.78 is 5.25. The topological polar surface area (TPSA) is 41.6 Å². The first kappa shape index (κ1) is 16.8. The van der Waals surface area contributed by atoms with Crippen molar-refractivity contribution in [3.8, 4) is 5.75 Å². The molecule has 0 radical (unpaired) electrons. The maximum Gasteiger partial charge on any atom is 0.259 e. The fourth-order valence-corrected chi connectivity index (χ4v) is 3.17. The molecule has 0 atom stereocenters. The van der Waals surface area contributed by atoms with Crippen molar-refractivity contribution in [3.05, 3.63) is 58.6 Å². The van der Waals surface area contributed by atoms with Gasteiger partial charge in [0, 0.05) is 17.3 Å². The van der Waals surface area contributed by atoms with Crippen molar-refractivity contribution < 1.29 is 9.53 Å². The van der Waals surface area contributed by atoms with E-state index in [0.717, 1.165) is 25.3 Å². The second-order valence-electron chi connectivity index (χ2n) is 5.98. The first-order valence-electron chi connectivity index (χ1n) is 8.12. The Bertz CT molecular complexity index is 727. The normalized spacial score (nSPS) is 14.6. The van der Waals surface area contributed by atoms with E-state index in [1.165, 1.54) is 25.5 Å². The lowest BCUT2D eigenvalue weighted by Gasteiger charge is -2.15. The van der Waals surface area contributed by atoms with Crippen molar-refractivity contribution in [2.75, 3.05) is 25.5 Å². The van der Waals surface area contributed by atoms with Crippen LogP contribution in [0.2, 0.25) is 5.02 Å². The Kier molecular flexibility index (Phi) is 5.38. The van der Waals surface area contributed by atoms with Crippen LogP contribution < -0.4 is 10.1 Å². The van der Waals surface area contributed by atoms with E-state index in [1.54, 1.807) is 18.2 Å². The van der Waals surface area contributed by atoms with Crippen LogP contribution in [0.1, 0.15) is 28.8 Å². The van der Waals surface area contributed by atoms with E-state index in [4.69, 9.17) is 16.3 Å².